The van der Waals surface area contributed by atoms with E-state index in [1.54, 1.807) is 7.05 Å². The maximum atomic E-state index is 12.4. The lowest BCUT2D eigenvalue weighted by molar-refractivity contribution is -0.402. The zero-order valence-corrected chi connectivity index (χ0v) is 27.3. The van der Waals surface area contributed by atoms with E-state index < -0.39 is 10.8 Å². The van der Waals surface area contributed by atoms with E-state index in [4.69, 9.17) is 4.84 Å². The Morgan fingerprint density at radius 1 is 1.02 bits per heavy atom. The molecule has 1 aromatic rings. The SMILES string of the molecule is CC(C)/C=N\NC1CCCCC1.CON(C)C(=O)/C=C/[N+](=O)[O-].CON(C)C(=O)c1cc(C(C)C)nn1C1CCCCC1. The van der Waals surface area contributed by atoms with Gasteiger partial charge >= 0.3 is 0 Å². The molecule has 0 atom stereocenters. The van der Waals surface area contributed by atoms with Crippen LogP contribution in [0.25, 0.3) is 0 Å². The van der Waals surface area contributed by atoms with Crippen LogP contribution in [0.15, 0.2) is 23.4 Å². The fourth-order valence-corrected chi connectivity index (χ4v) is 4.55. The highest BCUT2D eigenvalue weighted by atomic mass is 16.7. The summed E-state index contributed by atoms with van der Waals surface area (Å²) in [4.78, 5) is 41.6. The second-order valence-electron chi connectivity index (χ2n) is 11.4. The van der Waals surface area contributed by atoms with E-state index in [1.165, 1.54) is 77.7 Å². The van der Waals surface area contributed by atoms with Crippen molar-refractivity contribution >= 4 is 18.0 Å². The number of carbonyl (C=O) groups is 2. The third-order valence-electron chi connectivity index (χ3n) is 7.20. The van der Waals surface area contributed by atoms with Crippen LogP contribution in [0.5, 0.6) is 0 Å². The first-order chi connectivity index (χ1) is 20.4. The molecule has 0 aliphatic heterocycles. The van der Waals surface area contributed by atoms with Gasteiger partial charge in [-0.25, -0.2) is 10.1 Å². The largest absolute Gasteiger partial charge is 0.307 e. The number of hydroxylamine groups is 4. The Labute approximate surface area is 256 Å². The summed E-state index contributed by atoms with van der Waals surface area (Å²) in [6, 6.07) is 2.91. The number of rotatable bonds is 10. The standard InChI is InChI=1S/C15H25N3O2.C10H20N2.C5H8N2O4/c1-11(2)13-10-14(15(19)17(3)20-4)18(16-13)12-8-6-5-7-9-12;1-9(2)8-11-12-10-6-4-3-5-7-10;1-6(11-2)5(8)3-4-7(9)10/h10-12H,5-9H2,1-4H3;8-10,12H,3-7H2,1-2H3;3-4H,1-2H3/b;11-8-;4-3+. The highest BCUT2D eigenvalue weighted by molar-refractivity contribution is 5.92. The van der Waals surface area contributed by atoms with E-state index in [9.17, 15) is 19.7 Å². The number of hydrogen-bond donors (Lipinski definition) is 1. The van der Waals surface area contributed by atoms with Crippen LogP contribution in [0.3, 0.4) is 0 Å². The number of aromatic nitrogens is 2. The van der Waals surface area contributed by atoms with Gasteiger partial charge in [0.2, 0.25) is 6.20 Å². The Balaban J connectivity index is 0.000000347. The van der Waals surface area contributed by atoms with Crippen LogP contribution < -0.4 is 5.43 Å². The highest BCUT2D eigenvalue weighted by Gasteiger charge is 2.26. The molecule has 2 aliphatic rings. The smallest absolute Gasteiger partial charge is 0.295 e. The first-order valence-electron chi connectivity index (χ1n) is 15.2. The maximum Gasteiger partial charge on any atom is 0.295 e. The number of nitro groups is 1. The summed E-state index contributed by atoms with van der Waals surface area (Å²) >= 11 is 0. The lowest BCUT2D eigenvalue weighted by atomic mass is 9.95. The van der Waals surface area contributed by atoms with Gasteiger partial charge in [-0.1, -0.05) is 66.2 Å². The minimum absolute atomic E-state index is 0.127. The molecule has 1 aromatic heterocycles. The fraction of sp³-hybridized carbons (Fsp3) is 0.733. The van der Waals surface area contributed by atoms with Crippen LogP contribution in [0.4, 0.5) is 0 Å². The van der Waals surface area contributed by atoms with Gasteiger partial charge in [-0.05, 0) is 43.6 Å². The van der Waals surface area contributed by atoms with Gasteiger partial charge in [-0.2, -0.15) is 10.2 Å². The minimum Gasteiger partial charge on any atom is -0.307 e. The Bertz CT molecular complexity index is 1030. The topological polar surface area (TPSA) is 144 Å². The van der Waals surface area contributed by atoms with Gasteiger partial charge < -0.3 is 5.43 Å². The van der Waals surface area contributed by atoms with Crippen molar-refractivity contribution < 1.29 is 24.2 Å². The highest BCUT2D eigenvalue weighted by Crippen LogP contribution is 2.30. The molecule has 0 saturated heterocycles. The van der Waals surface area contributed by atoms with Gasteiger partial charge in [0, 0.05) is 26.4 Å². The minimum atomic E-state index is -0.721. The third-order valence-corrected chi connectivity index (χ3v) is 7.20. The molecule has 43 heavy (non-hydrogen) atoms. The first kappa shape index (κ1) is 37.7. The van der Waals surface area contributed by atoms with E-state index in [1.807, 2.05) is 17.0 Å². The average molecular weight is 608 g/mol. The lowest BCUT2D eigenvalue weighted by Gasteiger charge is -2.24. The van der Waals surface area contributed by atoms with Gasteiger partial charge in [0.05, 0.1) is 37.0 Å². The molecule has 244 valence electrons. The predicted octanol–water partition coefficient (Wildman–Crippen LogP) is 5.49. The maximum absolute atomic E-state index is 12.4. The van der Waals surface area contributed by atoms with Gasteiger partial charge in [0.25, 0.3) is 11.8 Å². The fourth-order valence-electron chi connectivity index (χ4n) is 4.55. The number of nitrogens with one attached hydrogen (secondary N) is 1. The van der Waals surface area contributed by atoms with Crippen LogP contribution in [0, 0.1) is 16.0 Å². The molecule has 1 N–H and O–H groups in total. The number of likely N-dealkylation sites (N-methyl/N-ethyl adjacent to an activating group) is 1. The van der Waals surface area contributed by atoms with Crippen LogP contribution in [0.1, 0.15) is 120 Å². The second kappa shape index (κ2) is 20.6. The quantitative estimate of drug-likeness (QED) is 0.159. The molecule has 0 aromatic carbocycles. The summed E-state index contributed by atoms with van der Waals surface area (Å²) in [5.41, 5.74) is 4.84. The molecule has 2 fully saturated rings. The average Bonchev–Trinajstić information content (AvgIpc) is 3.46. The van der Waals surface area contributed by atoms with Crippen molar-refractivity contribution in [3.05, 3.63) is 39.8 Å². The van der Waals surface area contributed by atoms with E-state index in [0.717, 1.165) is 29.7 Å². The van der Waals surface area contributed by atoms with E-state index in [-0.39, 0.29) is 5.91 Å². The monoisotopic (exact) mass is 607 g/mol. The summed E-state index contributed by atoms with van der Waals surface area (Å²) in [6.45, 7) is 8.49. The molecule has 0 spiro atoms. The van der Waals surface area contributed by atoms with Crippen molar-refractivity contribution in [2.24, 2.45) is 11.0 Å². The molecule has 13 nitrogen and oxygen atoms in total. The van der Waals surface area contributed by atoms with Crippen LogP contribution in [-0.4, -0.2) is 77.2 Å². The second-order valence-corrected chi connectivity index (χ2v) is 11.4. The molecule has 0 unspecified atom stereocenters. The molecule has 0 bridgehead atoms. The zero-order valence-electron chi connectivity index (χ0n) is 27.3. The number of hydrogen-bond acceptors (Lipinski definition) is 9. The predicted molar refractivity (Wildman–Crippen MR) is 167 cm³/mol. The Kier molecular flexibility index (Phi) is 18.0. The normalized spacial score (nSPS) is 16.0. The van der Waals surface area contributed by atoms with E-state index in [2.05, 4.69) is 48.2 Å². The first-order valence-corrected chi connectivity index (χ1v) is 15.2. The van der Waals surface area contributed by atoms with Crippen molar-refractivity contribution in [2.45, 2.75) is 110 Å². The Morgan fingerprint density at radius 3 is 2.07 bits per heavy atom. The molecule has 3 rings (SSSR count). The molecule has 2 saturated carbocycles. The van der Waals surface area contributed by atoms with E-state index in [0.29, 0.717) is 35.8 Å². The van der Waals surface area contributed by atoms with Crippen molar-refractivity contribution in [3.63, 3.8) is 0 Å². The number of amides is 2. The molecule has 13 heteroatoms. The Hall–Kier alpha value is -3.32. The van der Waals surface area contributed by atoms with Gasteiger partial charge in [0.1, 0.15) is 5.69 Å². The molecular weight excluding hydrogens is 554 g/mol. The summed E-state index contributed by atoms with van der Waals surface area (Å²) < 4.78 is 1.94. The zero-order chi connectivity index (χ0) is 32.4. The van der Waals surface area contributed by atoms with Crippen molar-refractivity contribution in [1.82, 2.24) is 25.3 Å². The van der Waals surface area contributed by atoms with Crippen LogP contribution >= 0.6 is 0 Å². The Morgan fingerprint density at radius 2 is 1.58 bits per heavy atom. The molecule has 1 heterocycles. The molecule has 2 aliphatic carbocycles. The summed E-state index contributed by atoms with van der Waals surface area (Å²) in [6.07, 6.45) is 16.0. The van der Waals surface area contributed by atoms with E-state index >= 15 is 0 Å². The molecular formula is C30H53N7O6. The number of carbonyl (C=O) groups excluding carboxylic acids is 2. The van der Waals surface area contributed by atoms with Crippen molar-refractivity contribution in [1.29, 1.82) is 0 Å². The van der Waals surface area contributed by atoms with Crippen LogP contribution in [-0.2, 0) is 14.5 Å². The summed E-state index contributed by atoms with van der Waals surface area (Å²) in [7, 11) is 5.78. The van der Waals surface area contributed by atoms with Crippen molar-refractivity contribution in [2.75, 3.05) is 28.3 Å². The van der Waals surface area contributed by atoms with Gasteiger partial charge in [-0.15, -0.1) is 0 Å². The summed E-state index contributed by atoms with van der Waals surface area (Å²) in [5.74, 6) is 0.169. The number of hydrazone groups is 1. The van der Waals surface area contributed by atoms with Crippen LogP contribution in [0.2, 0.25) is 0 Å². The lowest BCUT2D eigenvalue weighted by Crippen LogP contribution is -2.29. The van der Waals surface area contributed by atoms with Gasteiger partial charge in [-0.3, -0.25) is 34.1 Å². The third kappa shape index (κ3) is 14.6. The number of nitrogens with zero attached hydrogens (tertiary/aromatic N) is 6. The molecule has 2 amide bonds. The summed E-state index contributed by atoms with van der Waals surface area (Å²) in [5, 5.41) is 20.8. The molecule has 0 radical (unpaired) electrons. The van der Waals surface area contributed by atoms with Crippen molar-refractivity contribution in [3.8, 4) is 0 Å². The van der Waals surface area contributed by atoms with Gasteiger partial charge in [0.15, 0.2) is 0 Å².